The number of hydrogen-bond donors (Lipinski definition) is 2. The Labute approximate surface area is 125 Å². The molecule has 110 valence electrons. The van der Waals surface area contributed by atoms with Gasteiger partial charge in [-0.1, -0.05) is 42.8 Å². The Bertz CT molecular complexity index is 623. The summed E-state index contributed by atoms with van der Waals surface area (Å²) in [6, 6.07) is 16.2. The van der Waals surface area contributed by atoms with Crippen molar-refractivity contribution >= 4 is 5.69 Å². The lowest BCUT2D eigenvalue weighted by Gasteiger charge is -2.43. The molecule has 3 nitrogen and oxygen atoms in total. The van der Waals surface area contributed by atoms with Gasteiger partial charge in [0.15, 0.2) is 0 Å². The summed E-state index contributed by atoms with van der Waals surface area (Å²) in [6.07, 6.45) is 0. The lowest BCUT2D eigenvalue weighted by Crippen LogP contribution is -2.49. The van der Waals surface area contributed by atoms with Crippen molar-refractivity contribution in [2.24, 2.45) is 5.92 Å². The number of fused-ring (bicyclic) bond motifs is 1. The minimum atomic E-state index is -0.510. The first kappa shape index (κ1) is 14.0. The maximum Gasteiger partial charge on any atom is 0.124 e. The van der Waals surface area contributed by atoms with Crippen LogP contribution in [0.5, 0.6) is 5.75 Å². The molecule has 0 amide bonds. The molecule has 0 saturated carbocycles. The molecule has 0 aromatic heterocycles. The Morgan fingerprint density at radius 2 is 1.90 bits per heavy atom. The van der Waals surface area contributed by atoms with Crippen LogP contribution in [-0.4, -0.2) is 18.3 Å². The van der Waals surface area contributed by atoms with Crippen molar-refractivity contribution in [3.8, 4) is 5.75 Å². The molecular formula is C18H21NO2. The summed E-state index contributed by atoms with van der Waals surface area (Å²) in [5.41, 5.74) is 2.74. The van der Waals surface area contributed by atoms with Gasteiger partial charge in [-0.25, -0.2) is 0 Å². The summed E-state index contributed by atoms with van der Waals surface area (Å²) in [5, 5.41) is 13.7. The van der Waals surface area contributed by atoms with Crippen LogP contribution in [0.1, 0.15) is 18.1 Å². The lowest BCUT2D eigenvalue weighted by molar-refractivity contribution is 0.0995. The van der Waals surface area contributed by atoms with Gasteiger partial charge in [0.05, 0.1) is 18.8 Å². The maximum atomic E-state index is 10.2. The largest absolute Gasteiger partial charge is 0.493 e. The first-order chi connectivity index (χ1) is 10.2. The highest BCUT2D eigenvalue weighted by Gasteiger charge is 2.43. The number of aliphatic hydroxyl groups is 1. The van der Waals surface area contributed by atoms with E-state index in [0.717, 1.165) is 17.0 Å². The molecule has 3 heteroatoms. The number of nitrogens with one attached hydrogen (secondary N) is 1. The second kappa shape index (κ2) is 5.41. The van der Waals surface area contributed by atoms with Gasteiger partial charge in [-0.2, -0.15) is 0 Å². The molecule has 2 N–H and O–H groups in total. The molecule has 2 aromatic rings. The fourth-order valence-electron chi connectivity index (χ4n) is 2.95. The van der Waals surface area contributed by atoms with Crippen LogP contribution in [-0.2, 0) is 5.54 Å². The maximum absolute atomic E-state index is 10.2. The number of anilines is 1. The molecule has 0 fully saturated rings. The summed E-state index contributed by atoms with van der Waals surface area (Å²) in [4.78, 5) is 0. The minimum absolute atomic E-state index is 0.0302. The highest BCUT2D eigenvalue weighted by Crippen LogP contribution is 2.42. The fraction of sp³-hybridized carbons (Fsp3) is 0.333. The lowest BCUT2D eigenvalue weighted by atomic mass is 9.77. The van der Waals surface area contributed by atoms with Crippen molar-refractivity contribution in [1.82, 2.24) is 0 Å². The summed E-state index contributed by atoms with van der Waals surface area (Å²) < 4.78 is 5.80. The van der Waals surface area contributed by atoms with Gasteiger partial charge in [0.25, 0.3) is 0 Å². The Hall–Kier alpha value is -2.00. The molecule has 0 saturated heterocycles. The Morgan fingerprint density at radius 3 is 2.62 bits per heavy atom. The summed E-state index contributed by atoms with van der Waals surface area (Å²) in [5.74, 6) is 1.02. The zero-order valence-corrected chi connectivity index (χ0v) is 12.5. The van der Waals surface area contributed by atoms with E-state index in [9.17, 15) is 5.11 Å². The number of para-hydroxylation sites is 1. The predicted octanol–water partition coefficient (Wildman–Crippen LogP) is 3.32. The fourth-order valence-corrected chi connectivity index (χ4v) is 2.95. The molecule has 21 heavy (non-hydrogen) atoms. The smallest absolute Gasteiger partial charge is 0.124 e. The molecule has 2 aromatic carbocycles. The van der Waals surface area contributed by atoms with Gasteiger partial charge in [0.1, 0.15) is 5.75 Å². The van der Waals surface area contributed by atoms with Gasteiger partial charge >= 0.3 is 0 Å². The molecule has 1 aliphatic rings. The van der Waals surface area contributed by atoms with Gasteiger partial charge in [0, 0.05) is 17.2 Å². The highest BCUT2D eigenvalue weighted by atomic mass is 16.5. The van der Waals surface area contributed by atoms with Crippen LogP contribution >= 0.6 is 0 Å². The average molecular weight is 283 g/mol. The van der Waals surface area contributed by atoms with Crippen molar-refractivity contribution in [2.45, 2.75) is 19.4 Å². The van der Waals surface area contributed by atoms with Crippen LogP contribution in [0, 0.1) is 12.8 Å². The van der Waals surface area contributed by atoms with Crippen molar-refractivity contribution in [3.05, 3.63) is 59.7 Å². The first-order valence-corrected chi connectivity index (χ1v) is 7.34. The van der Waals surface area contributed by atoms with Gasteiger partial charge in [-0.05, 0) is 25.1 Å². The highest BCUT2D eigenvalue weighted by molar-refractivity contribution is 5.53. The van der Waals surface area contributed by atoms with E-state index < -0.39 is 5.54 Å². The van der Waals surface area contributed by atoms with Crippen molar-refractivity contribution in [1.29, 1.82) is 0 Å². The van der Waals surface area contributed by atoms with Crippen LogP contribution in [0.25, 0.3) is 0 Å². The van der Waals surface area contributed by atoms with E-state index in [1.165, 1.54) is 5.56 Å². The third-order valence-electron chi connectivity index (χ3n) is 4.37. The monoisotopic (exact) mass is 283 g/mol. The van der Waals surface area contributed by atoms with E-state index >= 15 is 0 Å². The van der Waals surface area contributed by atoms with E-state index in [1.807, 2.05) is 24.3 Å². The van der Waals surface area contributed by atoms with Crippen LogP contribution < -0.4 is 10.1 Å². The first-order valence-electron chi connectivity index (χ1n) is 7.34. The molecule has 2 atom stereocenters. The molecule has 1 heterocycles. The Balaban J connectivity index is 2.04. The van der Waals surface area contributed by atoms with Crippen molar-refractivity contribution in [2.75, 3.05) is 18.5 Å². The quantitative estimate of drug-likeness (QED) is 0.908. The van der Waals surface area contributed by atoms with Crippen LogP contribution in [0.4, 0.5) is 5.69 Å². The average Bonchev–Trinajstić information content (AvgIpc) is 2.52. The van der Waals surface area contributed by atoms with Crippen LogP contribution in [0.3, 0.4) is 0 Å². The van der Waals surface area contributed by atoms with E-state index in [-0.39, 0.29) is 12.5 Å². The van der Waals surface area contributed by atoms with Gasteiger partial charge < -0.3 is 15.2 Å². The third kappa shape index (κ3) is 2.38. The Kier molecular flexibility index (Phi) is 3.60. The molecule has 0 radical (unpaired) electrons. The summed E-state index contributed by atoms with van der Waals surface area (Å²) >= 11 is 0. The predicted molar refractivity (Wildman–Crippen MR) is 84.7 cm³/mol. The second-order valence-electron chi connectivity index (χ2n) is 5.83. The summed E-state index contributed by atoms with van der Waals surface area (Å²) in [7, 11) is 0. The molecule has 0 aliphatic carbocycles. The van der Waals surface area contributed by atoms with Crippen LogP contribution in [0.15, 0.2) is 48.5 Å². The third-order valence-corrected chi connectivity index (χ3v) is 4.37. The molecule has 0 bridgehead atoms. The van der Waals surface area contributed by atoms with Crippen molar-refractivity contribution < 1.29 is 9.84 Å². The van der Waals surface area contributed by atoms with Crippen LogP contribution in [0.2, 0.25) is 0 Å². The SMILES string of the molecule is Cc1ccc(NC2(CO)c3ccccc3OCC2C)cc1. The molecule has 3 rings (SSSR count). The molecule has 2 unspecified atom stereocenters. The standard InChI is InChI=1S/C18H21NO2/c1-13-7-9-15(10-8-13)19-18(12-20)14(2)11-21-17-6-4-3-5-16(17)18/h3-10,14,19-20H,11-12H2,1-2H3. The van der Waals surface area contributed by atoms with Gasteiger partial charge in [-0.3, -0.25) is 0 Å². The number of benzene rings is 2. The number of aliphatic hydroxyl groups excluding tert-OH is 1. The van der Waals surface area contributed by atoms with Crippen molar-refractivity contribution in [3.63, 3.8) is 0 Å². The van der Waals surface area contributed by atoms with Gasteiger partial charge in [-0.15, -0.1) is 0 Å². The molecule has 1 aliphatic heterocycles. The number of rotatable bonds is 3. The number of hydrogen-bond acceptors (Lipinski definition) is 3. The minimum Gasteiger partial charge on any atom is -0.493 e. The molecular weight excluding hydrogens is 262 g/mol. The number of ether oxygens (including phenoxy) is 1. The molecule has 0 spiro atoms. The second-order valence-corrected chi connectivity index (χ2v) is 5.83. The topological polar surface area (TPSA) is 41.5 Å². The Morgan fingerprint density at radius 1 is 1.19 bits per heavy atom. The summed E-state index contributed by atoms with van der Waals surface area (Å²) in [6.45, 7) is 4.80. The number of aryl methyl sites for hydroxylation is 1. The van der Waals surface area contributed by atoms with E-state index in [0.29, 0.717) is 6.61 Å². The normalized spacial score (nSPS) is 24.0. The zero-order valence-electron chi connectivity index (χ0n) is 12.5. The zero-order chi connectivity index (χ0) is 14.9. The van der Waals surface area contributed by atoms with Gasteiger partial charge in [0.2, 0.25) is 0 Å². The van der Waals surface area contributed by atoms with E-state index in [4.69, 9.17) is 4.74 Å². The van der Waals surface area contributed by atoms with E-state index in [2.05, 4.69) is 43.4 Å². The van der Waals surface area contributed by atoms with E-state index in [1.54, 1.807) is 0 Å².